The maximum Gasteiger partial charge on any atom is 0.263 e. The molecule has 1 aromatic heterocycles. The smallest absolute Gasteiger partial charge is 0.263 e. The number of fused-ring (bicyclic) bond motifs is 1. The second kappa shape index (κ2) is 4.74. The van der Waals surface area contributed by atoms with Crippen LogP contribution in [0.25, 0.3) is 0 Å². The standard InChI is InChI=1S/C14H18N2O3/c1-14(2,3)6-9(17)8-16-12(18)10-4-5-15-7-11(10)13(16)19/h4-5,7,9,17H,6,8H2,1-3H3. The van der Waals surface area contributed by atoms with Crippen LogP contribution in [-0.4, -0.2) is 39.5 Å². The molecule has 1 aromatic rings. The lowest BCUT2D eigenvalue weighted by Crippen LogP contribution is -2.38. The van der Waals surface area contributed by atoms with Gasteiger partial charge in [0.25, 0.3) is 11.8 Å². The summed E-state index contributed by atoms with van der Waals surface area (Å²) in [6.07, 6.45) is 2.69. The van der Waals surface area contributed by atoms with Crippen LogP contribution in [0.1, 0.15) is 47.9 Å². The SMILES string of the molecule is CC(C)(C)CC(O)CN1C(=O)c2ccncc2C1=O. The van der Waals surface area contributed by atoms with Gasteiger partial charge in [-0.25, -0.2) is 0 Å². The van der Waals surface area contributed by atoms with Gasteiger partial charge in [0.05, 0.1) is 23.8 Å². The highest BCUT2D eigenvalue weighted by Crippen LogP contribution is 2.25. The van der Waals surface area contributed by atoms with E-state index in [-0.39, 0.29) is 23.8 Å². The molecule has 2 amide bonds. The summed E-state index contributed by atoms with van der Waals surface area (Å²) in [5.41, 5.74) is 0.623. The lowest BCUT2D eigenvalue weighted by Gasteiger charge is -2.25. The lowest BCUT2D eigenvalue weighted by atomic mass is 9.89. The highest BCUT2D eigenvalue weighted by Gasteiger charge is 2.36. The normalized spacial score (nSPS) is 16.7. The van der Waals surface area contributed by atoms with E-state index in [2.05, 4.69) is 4.98 Å². The number of carbonyl (C=O) groups is 2. The van der Waals surface area contributed by atoms with E-state index in [1.807, 2.05) is 20.8 Å². The minimum Gasteiger partial charge on any atom is -0.391 e. The van der Waals surface area contributed by atoms with Crippen LogP contribution in [0.2, 0.25) is 0 Å². The molecular formula is C14H18N2O3. The fraction of sp³-hybridized carbons (Fsp3) is 0.500. The van der Waals surface area contributed by atoms with E-state index < -0.39 is 6.10 Å². The molecule has 1 atom stereocenters. The first kappa shape index (κ1) is 13.7. The van der Waals surface area contributed by atoms with Crippen LogP contribution in [-0.2, 0) is 0 Å². The third-order valence-corrected chi connectivity index (χ3v) is 3.01. The van der Waals surface area contributed by atoms with Crippen molar-refractivity contribution in [1.82, 2.24) is 9.88 Å². The molecule has 5 heteroatoms. The Kier molecular flexibility index (Phi) is 3.41. The summed E-state index contributed by atoms with van der Waals surface area (Å²) in [4.78, 5) is 29.1. The van der Waals surface area contributed by atoms with Crippen LogP contribution in [0.3, 0.4) is 0 Å². The minimum absolute atomic E-state index is 0.0314. The van der Waals surface area contributed by atoms with Crippen LogP contribution in [0.5, 0.6) is 0 Å². The molecule has 0 radical (unpaired) electrons. The van der Waals surface area contributed by atoms with Gasteiger partial charge in [-0.05, 0) is 17.9 Å². The molecule has 0 bridgehead atoms. The molecular weight excluding hydrogens is 244 g/mol. The van der Waals surface area contributed by atoms with E-state index in [9.17, 15) is 14.7 Å². The van der Waals surface area contributed by atoms with Crippen molar-refractivity contribution in [3.05, 3.63) is 29.6 Å². The monoisotopic (exact) mass is 262 g/mol. The van der Waals surface area contributed by atoms with E-state index in [0.717, 1.165) is 4.90 Å². The number of pyridine rings is 1. The molecule has 2 heterocycles. The number of imide groups is 1. The van der Waals surface area contributed by atoms with Gasteiger partial charge in [0.2, 0.25) is 0 Å². The van der Waals surface area contributed by atoms with Gasteiger partial charge in [-0.15, -0.1) is 0 Å². The van der Waals surface area contributed by atoms with Crippen molar-refractivity contribution in [2.24, 2.45) is 5.41 Å². The third kappa shape index (κ3) is 2.81. The molecule has 2 rings (SSSR count). The molecule has 1 unspecified atom stereocenters. The number of aliphatic hydroxyl groups excluding tert-OH is 1. The van der Waals surface area contributed by atoms with Crippen molar-refractivity contribution in [3.8, 4) is 0 Å². The molecule has 102 valence electrons. The zero-order valence-electron chi connectivity index (χ0n) is 11.4. The number of aliphatic hydroxyl groups is 1. The van der Waals surface area contributed by atoms with E-state index >= 15 is 0 Å². The summed E-state index contributed by atoms with van der Waals surface area (Å²) in [5, 5.41) is 10.00. The number of β-amino-alcohol motifs (C(OH)–C–C–N with tert-alkyl or cyclic N) is 1. The largest absolute Gasteiger partial charge is 0.391 e. The van der Waals surface area contributed by atoms with Gasteiger partial charge in [0.15, 0.2) is 0 Å². The molecule has 19 heavy (non-hydrogen) atoms. The van der Waals surface area contributed by atoms with E-state index in [1.165, 1.54) is 18.5 Å². The van der Waals surface area contributed by atoms with Gasteiger partial charge in [-0.2, -0.15) is 0 Å². The summed E-state index contributed by atoms with van der Waals surface area (Å²) in [6, 6.07) is 1.53. The van der Waals surface area contributed by atoms with Crippen molar-refractivity contribution in [1.29, 1.82) is 0 Å². The van der Waals surface area contributed by atoms with Gasteiger partial charge in [-0.1, -0.05) is 20.8 Å². The molecule has 0 fully saturated rings. The van der Waals surface area contributed by atoms with Crippen molar-refractivity contribution in [3.63, 3.8) is 0 Å². The fourth-order valence-corrected chi connectivity index (χ4v) is 2.28. The predicted octanol–water partition coefficient (Wildman–Crippen LogP) is 1.47. The first-order chi connectivity index (χ1) is 8.79. The van der Waals surface area contributed by atoms with Crippen LogP contribution >= 0.6 is 0 Å². The Labute approximate surface area is 112 Å². The first-order valence-electron chi connectivity index (χ1n) is 6.28. The summed E-state index contributed by atoms with van der Waals surface area (Å²) < 4.78 is 0. The molecule has 0 saturated heterocycles. The number of nitrogens with zero attached hydrogens (tertiary/aromatic N) is 2. The van der Waals surface area contributed by atoms with Gasteiger partial charge in [0.1, 0.15) is 0 Å². The Morgan fingerprint density at radius 1 is 1.26 bits per heavy atom. The summed E-state index contributed by atoms with van der Waals surface area (Å²) in [5.74, 6) is -0.726. The van der Waals surface area contributed by atoms with E-state index in [1.54, 1.807) is 0 Å². The molecule has 0 saturated carbocycles. The van der Waals surface area contributed by atoms with Crippen LogP contribution < -0.4 is 0 Å². The van der Waals surface area contributed by atoms with Crippen molar-refractivity contribution in [2.75, 3.05) is 6.54 Å². The Hall–Kier alpha value is -1.75. The van der Waals surface area contributed by atoms with E-state index in [0.29, 0.717) is 17.5 Å². The number of rotatable bonds is 3. The highest BCUT2D eigenvalue weighted by molar-refractivity contribution is 6.21. The van der Waals surface area contributed by atoms with Gasteiger partial charge < -0.3 is 5.11 Å². The van der Waals surface area contributed by atoms with Crippen molar-refractivity contribution < 1.29 is 14.7 Å². The number of aromatic nitrogens is 1. The Balaban J connectivity index is 2.12. The lowest BCUT2D eigenvalue weighted by molar-refractivity contribution is 0.0475. The number of amides is 2. The zero-order chi connectivity index (χ0) is 14.2. The second-order valence-corrected chi connectivity index (χ2v) is 6.06. The third-order valence-electron chi connectivity index (χ3n) is 3.01. The Morgan fingerprint density at radius 3 is 2.47 bits per heavy atom. The van der Waals surface area contributed by atoms with Crippen LogP contribution in [0.15, 0.2) is 18.5 Å². The van der Waals surface area contributed by atoms with Crippen LogP contribution in [0, 0.1) is 5.41 Å². The first-order valence-corrected chi connectivity index (χ1v) is 6.28. The summed E-state index contributed by atoms with van der Waals surface area (Å²) in [7, 11) is 0. The van der Waals surface area contributed by atoms with Gasteiger partial charge >= 0.3 is 0 Å². The molecule has 1 N–H and O–H groups in total. The average Bonchev–Trinajstić information content (AvgIpc) is 2.53. The number of hydrogen-bond donors (Lipinski definition) is 1. The molecule has 0 aliphatic carbocycles. The Morgan fingerprint density at radius 2 is 1.89 bits per heavy atom. The van der Waals surface area contributed by atoms with Crippen LogP contribution in [0.4, 0.5) is 0 Å². The number of hydrogen-bond acceptors (Lipinski definition) is 4. The maximum absolute atomic E-state index is 12.1. The molecule has 0 spiro atoms. The van der Waals surface area contributed by atoms with Gasteiger partial charge in [-0.3, -0.25) is 19.5 Å². The predicted molar refractivity (Wildman–Crippen MR) is 69.7 cm³/mol. The fourth-order valence-electron chi connectivity index (χ4n) is 2.28. The Bertz CT molecular complexity index is 485. The summed E-state index contributed by atoms with van der Waals surface area (Å²) in [6.45, 7) is 6.04. The maximum atomic E-state index is 12.1. The minimum atomic E-state index is -0.713. The highest BCUT2D eigenvalue weighted by atomic mass is 16.3. The van der Waals surface area contributed by atoms with Crippen molar-refractivity contribution in [2.45, 2.75) is 33.3 Å². The topological polar surface area (TPSA) is 70.5 Å². The van der Waals surface area contributed by atoms with Crippen molar-refractivity contribution >= 4 is 11.8 Å². The second-order valence-electron chi connectivity index (χ2n) is 6.06. The molecule has 5 nitrogen and oxygen atoms in total. The average molecular weight is 262 g/mol. The summed E-state index contributed by atoms with van der Waals surface area (Å²) >= 11 is 0. The molecule has 1 aliphatic rings. The van der Waals surface area contributed by atoms with Gasteiger partial charge in [0, 0.05) is 12.4 Å². The zero-order valence-corrected chi connectivity index (χ0v) is 11.4. The molecule has 0 aromatic carbocycles. The number of carbonyl (C=O) groups excluding carboxylic acids is 2. The molecule has 1 aliphatic heterocycles. The van der Waals surface area contributed by atoms with E-state index in [4.69, 9.17) is 0 Å². The quantitative estimate of drug-likeness (QED) is 0.837.